The Kier molecular flexibility index (Phi) is 5.35. The zero-order chi connectivity index (χ0) is 9.52. The topological polar surface area (TPSA) is 24.5 Å². The van der Waals surface area contributed by atoms with Gasteiger partial charge in [-0.3, -0.25) is 0 Å². The molecule has 1 N–H and O–H groups in total. The van der Waals surface area contributed by atoms with Gasteiger partial charge in [0, 0.05) is 6.61 Å². The molecule has 0 radical (unpaired) electrons. The summed E-state index contributed by atoms with van der Waals surface area (Å²) in [5.74, 6) is 0. The minimum absolute atomic E-state index is 0.517. The molecular formula is C10H22N2O. The maximum absolute atomic E-state index is 5.77. The second-order valence-corrected chi connectivity index (χ2v) is 3.98. The number of rotatable bonds is 5. The summed E-state index contributed by atoms with van der Waals surface area (Å²) in [7, 11) is 4.20. The van der Waals surface area contributed by atoms with Crippen LogP contribution in [0.25, 0.3) is 0 Å². The van der Waals surface area contributed by atoms with E-state index in [9.17, 15) is 0 Å². The third-order valence-electron chi connectivity index (χ3n) is 2.39. The van der Waals surface area contributed by atoms with E-state index in [0.717, 1.165) is 32.7 Å². The summed E-state index contributed by atoms with van der Waals surface area (Å²) in [6.07, 6.45) is 4.03. The molecule has 1 aliphatic rings. The molecule has 1 fully saturated rings. The number of hydrogen-bond donors (Lipinski definition) is 1. The number of ether oxygens (including phenoxy) is 1. The molecule has 0 saturated carbocycles. The van der Waals surface area contributed by atoms with E-state index in [0.29, 0.717) is 6.10 Å². The van der Waals surface area contributed by atoms with E-state index in [1.54, 1.807) is 0 Å². The molecule has 1 rings (SSSR count). The molecule has 3 nitrogen and oxygen atoms in total. The molecule has 0 aliphatic carbocycles. The monoisotopic (exact) mass is 186 g/mol. The molecule has 1 aliphatic heterocycles. The Balaban J connectivity index is 1.92. The predicted octanol–water partition coefficient (Wildman–Crippen LogP) is 0.707. The molecule has 0 spiro atoms. The number of nitrogens with zero attached hydrogens (tertiary/aromatic N) is 1. The van der Waals surface area contributed by atoms with Gasteiger partial charge < -0.3 is 15.0 Å². The Hall–Kier alpha value is -0.120. The predicted molar refractivity (Wildman–Crippen MR) is 55.0 cm³/mol. The van der Waals surface area contributed by atoms with Crippen molar-refractivity contribution in [2.45, 2.75) is 25.4 Å². The van der Waals surface area contributed by atoms with Crippen LogP contribution in [0.2, 0.25) is 0 Å². The summed E-state index contributed by atoms with van der Waals surface area (Å²) >= 11 is 0. The molecule has 0 aromatic heterocycles. The lowest BCUT2D eigenvalue weighted by molar-refractivity contribution is 0.0293. The van der Waals surface area contributed by atoms with E-state index in [4.69, 9.17) is 4.74 Å². The molecule has 0 unspecified atom stereocenters. The van der Waals surface area contributed by atoms with Crippen molar-refractivity contribution in [2.75, 3.05) is 40.3 Å². The second-order valence-electron chi connectivity index (χ2n) is 3.98. The normalized spacial score (nSPS) is 19.6. The lowest BCUT2D eigenvalue weighted by atomic mass is 10.1. The fourth-order valence-electron chi connectivity index (χ4n) is 1.59. The Morgan fingerprint density at radius 1 is 1.31 bits per heavy atom. The molecule has 0 amide bonds. The average Bonchev–Trinajstić information content (AvgIpc) is 2.14. The van der Waals surface area contributed by atoms with E-state index >= 15 is 0 Å². The molecule has 0 aromatic rings. The first-order valence-electron chi connectivity index (χ1n) is 5.26. The van der Waals surface area contributed by atoms with Crippen LogP contribution in [0, 0.1) is 0 Å². The first-order chi connectivity index (χ1) is 6.29. The Labute approximate surface area is 81.4 Å². The number of nitrogens with one attached hydrogen (secondary N) is 1. The fourth-order valence-corrected chi connectivity index (χ4v) is 1.59. The smallest absolute Gasteiger partial charge is 0.0599 e. The summed E-state index contributed by atoms with van der Waals surface area (Å²) < 4.78 is 5.77. The van der Waals surface area contributed by atoms with Gasteiger partial charge in [-0.15, -0.1) is 0 Å². The van der Waals surface area contributed by atoms with Crippen LogP contribution in [0.3, 0.4) is 0 Å². The first-order valence-corrected chi connectivity index (χ1v) is 5.26. The molecular weight excluding hydrogens is 164 g/mol. The summed E-state index contributed by atoms with van der Waals surface area (Å²) in [6.45, 7) is 4.30. The van der Waals surface area contributed by atoms with Gasteiger partial charge in [-0.05, 0) is 53.0 Å². The van der Waals surface area contributed by atoms with E-state index in [1.807, 2.05) is 0 Å². The van der Waals surface area contributed by atoms with Crippen molar-refractivity contribution in [1.29, 1.82) is 0 Å². The van der Waals surface area contributed by atoms with Gasteiger partial charge in [-0.25, -0.2) is 0 Å². The van der Waals surface area contributed by atoms with Gasteiger partial charge in [-0.1, -0.05) is 0 Å². The minimum atomic E-state index is 0.517. The lowest BCUT2D eigenvalue weighted by Gasteiger charge is -2.23. The van der Waals surface area contributed by atoms with Crippen molar-refractivity contribution in [3.05, 3.63) is 0 Å². The number of piperidine rings is 1. The van der Waals surface area contributed by atoms with Crippen molar-refractivity contribution in [3.8, 4) is 0 Å². The summed E-state index contributed by atoms with van der Waals surface area (Å²) in [5.41, 5.74) is 0. The highest BCUT2D eigenvalue weighted by molar-refractivity contribution is 4.67. The highest BCUT2D eigenvalue weighted by atomic mass is 16.5. The third kappa shape index (κ3) is 5.24. The van der Waals surface area contributed by atoms with Crippen LogP contribution in [0.4, 0.5) is 0 Å². The Bertz CT molecular complexity index is 122. The van der Waals surface area contributed by atoms with Gasteiger partial charge in [0.05, 0.1) is 6.10 Å². The third-order valence-corrected chi connectivity index (χ3v) is 2.39. The zero-order valence-corrected chi connectivity index (χ0v) is 8.88. The van der Waals surface area contributed by atoms with E-state index in [-0.39, 0.29) is 0 Å². The van der Waals surface area contributed by atoms with Crippen molar-refractivity contribution in [2.24, 2.45) is 0 Å². The quantitative estimate of drug-likeness (QED) is 0.640. The largest absolute Gasteiger partial charge is 0.378 e. The lowest BCUT2D eigenvalue weighted by Crippen LogP contribution is -2.32. The van der Waals surface area contributed by atoms with Crippen LogP contribution >= 0.6 is 0 Å². The van der Waals surface area contributed by atoms with Gasteiger partial charge in [0.1, 0.15) is 0 Å². The summed E-state index contributed by atoms with van der Waals surface area (Å²) in [5, 5.41) is 3.34. The van der Waals surface area contributed by atoms with E-state index in [2.05, 4.69) is 24.3 Å². The maximum Gasteiger partial charge on any atom is 0.0599 e. The van der Waals surface area contributed by atoms with Crippen LogP contribution in [-0.4, -0.2) is 51.3 Å². The van der Waals surface area contributed by atoms with Gasteiger partial charge in [0.2, 0.25) is 0 Å². The van der Waals surface area contributed by atoms with E-state index < -0.39 is 0 Å². The van der Waals surface area contributed by atoms with Gasteiger partial charge >= 0.3 is 0 Å². The molecule has 0 aromatic carbocycles. The highest BCUT2D eigenvalue weighted by Gasteiger charge is 2.12. The molecule has 0 atom stereocenters. The van der Waals surface area contributed by atoms with Crippen molar-refractivity contribution in [3.63, 3.8) is 0 Å². The van der Waals surface area contributed by atoms with Crippen LogP contribution < -0.4 is 5.32 Å². The van der Waals surface area contributed by atoms with Crippen LogP contribution in [0.5, 0.6) is 0 Å². The summed E-state index contributed by atoms with van der Waals surface area (Å²) in [6, 6.07) is 0. The van der Waals surface area contributed by atoms with Crippen LogP contribution in [0.15, 0.2) is 0 Å². The molecule has 1 heterocycles. The van der Waals surface area contributed by atoms with Gasteiger partial charge in [0.25, 0.3) is 0 Å². The maximum atomic E-state index is 5.77. The van der Waals surface area contributed by atoms with Crippen molar-refractivity contribution in [1.82, 2.24) is 10.2 Å². The van der Waals surface area contributed by atoms with E-state index in [1.165, 1.54) is 12.8 Å². The second kappa shape index (κ2) is 6.35. The molecule has 0 bridgehead atoms. The standard InChI is InChI=1S/C10H22N2O/c1-12(2)8-3-9-13-10-4-6-11-7-5-10/h10-11H,3-9H2,1-2H3. The Morgan fingerprint density at radius 2 is 2.00 bits per heavy atom. The Morgan fingerprint density at radius 3 is 2.62 bits per heavy atom. The molecule has 1 saturated heterocycles. The fraction of sp³-hybridized carbons (Fsp3) is 1.00. The molecule has 78 valence electrons. The van der Waals surface area contributed by atoms with Crippen molar-refractivity contribution < 1.29 is 4.74 Å². The zero-order valence-electron chi connectivity index (χ0n) is 8.88. The van der Waals surface area contributed by atoms with Crippen LogP contribution in [0.1, 0.15) is 19.3 Å². The summed E-state index contributed by atoms with van der Waals surface area (Å²) in [4.78, 5) is 2.20. The van der Waals surface area contributed by atoms with Gasteiger partial charge in [-0.2, -0.15) is 0 Å². The van der Waals surface area contributed by atoms with Crippen LogP contribution in [-0.2, 0) is 4.74 Å². The highest BCUT2D eigenvalue weighted by Crippen LogP contribution is 2.07. The minimum Gasteiger partial charge on any atom is -0.378 e. The molecule has 3 heteroatoms. The SMILES string of the molecule is CN(C)CCCOC1CCNCC1. The molecule has 13 heavy (non-hydrogen) atoms. The van der Waals surface area contributed by atoms with Gasteiger partial charge in [0.15, 0.2) is 0 Å². The number of hydrogen-bond acceptors (Lipinski definition) is 3. The average molecular weight is 186 g/mol. The first kappa shape index (κ1) is 11.0. The van der Waals surface area contributed by atoms with Crippen molar-refractivity contribution >= 4 is 0 Å².